The van der Waals surface area contributed by atoms with Crippen molar-refractivity contribution >= 4 is 41.4 Å². The average molecular weight is 697 g/mol. The van der Waals surface area contributed by atoms with Gasteiger partial charge < -0.3 is 35.8 Å². The standard InChI is InChI=1S/C36H52N6O8/c1-7-21(4)29-35(48)42-18-12-16-27(42)34(47)41-17-11-15-26(41)32(45)38-25(19-24-13-9-8-10-14-24)31(44)39-28(20(2)3)36(49)50-22(5)30(33(46)40-29)37-23(6)43/h8-10,13-14,20-22,25-30H,7,11-12,15-19H2,1-6H3,(H,37,43)(H,38,45)(H,39,44)(H,40,46)/t21-,22+,25-,26-,27-,28-,29+,30-/m0/s1. The van der Waals surface area contributed by atoms with Crippen molar-refractivity contribution in [3.63, 3.8) is 0 Å². The molecule has 8 atom stereocenters. The molecule has 14 heteroatoms. The van der Waals surface area contributed by atoms with Gasteiger partial charge in [0.05, 0.1) is 0 Å². The minimum absolute atomic E-state index is 0.113. The Hall–Kier alpha value is -4.49. The summed E-state index contributed by atoms with van der Waals surface area (Å²) in [7, 11) is 0. The molecule has 0 aromatic heterocycles. The van der Waals surface area contributed by atoms with E-state index < -0.39 is 83.8 Å². The second-order valence-electron chi connectivity index (χ2n) is 14.1. The Kier molecular flexibility index (Phi) is 13.0. The highest BCUT2D eigenvalue weighted by Crippen LogP contribution is 2.27. The first kappa shape index (κ1) is 38.3. The first-order valence-electron chi connectivity index (χ1n) is 17.8. The fourth-order valence-corrected chi connectivity index (χ4v) is 6.90. The van der Waals surface area contributed by atoms with E-state index in [1.54, 1.807) is 13.8 Å². The Labute approximate surface area is 293 Å². The zero-order chi connectivity index (χ0) is 36.7. The Bertz CT molecular complexity index is 1440. The third kappa shape index (κ3) is 8.99. The van der Waals surface area contributed by atoms with E-state index in [4.69, 9.17) is 4.74 Å². The highest BCUT2D eigenvalue weighted by Gasteiger charge is 2.45. The van der Waals surface area contributed by atoms with Gasteiger partial charge in [-0.1, -0.05) is 64.4 Å². The van der Waals surface area contributed by atoms with Gasteiger partial charge in [0.25, 0.3) is 0 Å². The Morgan fingerprint density at radius 3 is 2.04 bits per heavy atom. The van der Waals surface area contributed by atoms with Crippen LogP contribution in [0.1, 0.15) is 79.2 Å². The first-order chi connectivity index (χ1) is 23.7. The average Bonchev–Trinajstić information content (AvgIpc) is 3.78. The normalized spacial score (nSPS) is 29.5. The number of amides is 6. The molecule has 14 nitrogen and oxygen atoms in total. The molecule has 0 aliphatic carbocycles. The summed E-state index contributed by atoms with van der Waals surface area (Å²) in [6, 6.07) is 2.73. The van der Waals surface area contributed by atoms with Gasteiger partial charge in [0, 0.05) is 26.4 Å². The lowest BCUT2D eigenvalue weighted by atomic mass is 9.96. The minimum Gasteiger partial charge on any atom is -0.458 e. The van der Waals surface area contributed by atoms with E-state index in [1.807, 2.05) is 44.2 Å². The van der Waals surface area contributed by atoms with Crippen LogP contribution in [0.25, 0.3) is 0 Å². The number of benzene rings is 1. The van der Waals surface area contributed by atoms with Gasteiger partial charge in [0.2, 0.25) is 35.4 Å². The van der Waals surface area contributed by atoms with Crippen molar-refractivity contribution in [1.82, 2.24) is 31.1 Å². The third-order valence-electron chi connectivity index (χ3n) is 9.98. The molecule has 4 rings (SSSR count). The maximum absolute atomic E-state index is 14.2. The number of nitrogens with one attached hydrogen (secondary N) is 4. The summed E-state index contributed by atoms with van der Waals surface area (Å²) in [6.45, 7) is 10.4. The maximum atomic E-state index is 14.2. The molecule has 3 aliphatic rings. The van der Waals surface area contributed by atoms with Gasteiger partial charge in [-0.05, 0) is 50.0 Å². The summed E-state index contributed by atoms with van der Waals surface area (Å²) in [4.78, 5) is 98.8. The van der Waals surface area contributed by atoms with Crippen molar-refractivity contribution in [1.29, 1.82) is 0 Å². The molecule has 3 aliphatic heterocycles. The van der Waals surface area contributed by atoms with Gasteiger partial charge >= 0.3 is 5.97 Å². The van der Waals surface area contributed by atoms with Gasteiger partial charge in [0.15, 0.2) is 0 Å². The molecule has 0 saturated carbocycles. The highest BCUT2D eigenvalue weighted by molar-refractivity contribution is 5.98. The summed E-state index contributed by atoms with van der Waals surface area (Å²) in [5.41, 5.74) is 0.767. The SMILES string of the molecule is CC[C@H](C)[C@H]1NC(=O)[C@@H](NC(C)=O)[C@@H](C)OC(=O)[C@H](C(C)C)NC(=O)[C@H](Cc2ccccc2)NC(=O)[C@@H]2CCCN2C(=O)[C@@H]2CCCN2C1=O. The van der Waals surface area contributed by atoms with E-state index >= 15 is 0 Å². The molecular formula is C36H52N6O8. The molecule has 50 heavy (non-hydrogen) atoms. The van der Waals surface area contributed by atoms with Crippen LogP contribution in [0, 0.1) is 11.8 Å². The molecule has 3 fully saturated rings. The molecule has 0 spiro atoms. The number of hydrogen-bond acceptors (Lipinski definition) is 8. The lowest BCUT2D eigenvalue weighted by Crippen LogP contribution is -2.61. The molecule has 3 heterocycles. The van der Waals surface area contributed by atoms with Crippen LogP contribution >= 0.6 is 0 Å². The van der Waals surface area contributed by atoms with Crippen molar-refractivity contribution in [3.05, 3.63) is 35.9 Å². The molecule has 6 amide bonds. The fourth-order valence-electron chi connectivity index (χ4n) is 6.90. The van der Waals surface area contributed by atoms with Gasteiger partial charge in [0.1, 0.15) is 42.4 Å². The zero-order valence-electron chi connectivity index (χ0n) is 29.9. The van der Waals surface area contributed by atoms with Crippen LogP contribution in [-0.4, -0.2) is 107 Å². The van der Waals surface area contributed by atoms with Crippen molar-refractivity contribution in [2.24, 2.45) is 11.8 Å². The van der Waals surface area contributed by atoms with Crippen molar-refractivity contribution in [3.8, 4) is 0 Å². The van der Waals surface area contributed by atoms with Crippen LogP contribution in [0.3, 0.4) is 0 Å². The smallest absolute Gasteiger partial charge is 0.329 e. The minimum atomic E-state index is -1.37. The molecular weight excluding hydrogens is 644 g/mol. The number of carbonyl (C=O) groups excluding carboxylic acids is 7. The summed E-state index contributed by atoms with van der Waals surface area (Å²) < 4.78 is 5.72. The second-order valence-corrected chi connectivity index (χ2v) is 14.1. The lowest BCUT2D eigenvalue weighted by molar-refractivity contribution is -0.157. The number of rotatable bonds is 6. The molecule has 274 valence electrons. The Morgan fingerprint density at radius 1 is 0.840 bits per heavy atom. The number of nitrogens with zero attached hydrogens (tertiary/aromatic N) is 2. The molecule has 0 bridgehead atoms. The first-order valence-corrected chi connectivity index (χ1v) is 17.8. The fraction of sp³-hybridized carbons (Fsp3) is 0.639. The predicted molar refractivity (Wildman–Crippen MR) is 183 cm³/mol. The second kappa shape index (κ2) is 16.9. The predicted octanol–water partition coefficient (Wildman–Crippen LogP) is 0.818. The van der Waals surface area contributed by atoms with E-state index in [0.717, 1.165) is 5.56 Å². The van der Waals surface area contributed by atoms with E-state index in [-0.39, 0.29) is 18.2 Å². The third-order valence-corrected chi connectivity index (χ3v) is 9.98. The van der Waals surface area contributed by atoms with Crippen molar-refractivity contribution in [2.45, 2.75) is 122 Å². The number of esters is 1. The summed E-state index contributed by atoms with van der Waals surface area (Å²) in [5.74, 6) is -4.86. The molecule has 0 unspecified atom stereocenters. The monoisotopic (exact) mass is 696 g/mol. The van der Waals surface area contributed by atoms with E-state index in [0.29, 0.717) is 45.2 Å². The van der Waals surface area contributed by atoms with Crippen LogP contribution < -0.4 is 21.3 Å². The molecule has 3 saturated heterocycles. The van der Waals surface area contributed by atoms with Gasteiger partial charge in [-0.25, -0.2) is 4.79 Å². The lowest BCUT2D eigenvalue weighted by Gasteiger charge is -2.35. The highest BCUT2D eigenvalue weighted by atomic mass is 16.5. The summed E-state index contributed by atoms with van der Waals surface area (Å²) in [6.07, 6.45) is 1.34. The molecule has 4 N–H and O–H groups in total. The summed E-state index contributed by atoms with van der Waals surface area (Å²) >= 11 is 0. The maximum Gasteiger partial charge on any atom is 0.329 e. The van der Waals surface area contributed by atoms with E-state index in [9.17, 15) is 33.6 Å². The molecule has 1 aromatic carbocycles. The largest absolute Gasteiger partial charge is 0.458 e. The van der Waals surface area contributed by atoms with Crippen molar-refractivity contribution in [2.75, 3.05) is 13.1 Å². The number of fused-ring (bicyclic) bond motifs is 2. The van der Waals surface area contributed by atoms with E-state index in [2.05, 4.69) is 21.3 Å². The van der Waals surface area contributed by atoms with E-state index in [1.165, 1.54) is 23.6 Å². The molecule has 1 aromatic rings. The van der Waals surface area contributed by atoms with Crippen LogP contribution in [0.4, 0.5) is 0 Å². The van der Waals surface area contributed by atoms with Crippen molar-refractivity contribution < 1.29 is 38.3 Å². The van der Waals surface area contributed by atoms with Crippen LogP contribution in [0.2, 0.25) is 0 Å². The van der Waals surface area contributed by atoms with Gasteiger partial charge in [-0.2, -0.15) is 0 Å². The number of cyclic esters (lactones) is 1. The van der Waals surface area contributed by atoms with Gasteiger partial charge in [-0.3, -0.25) is 28.8 Å². The Morgan fingerprint density at radius 2 is 1.44 bits per heavy atom. The van der Waals surface area contributed by atoms with Gasteiger partial charge in [-0.15, -0.1) is 0 Å². The molecule has 0 radical (unpaired) electrons. The number of ether oxygens (including phenoxy) is 1. The van der Waals surface area contributed by atoms with Crippen LogP contribution in [0.5, 0.6) is 0 Å². The number of hydrogen-bond donors (Lipinski definition) is 4. The topological polar surface area (TPSA) is 183 Å². The van der Waals surface area contributed by atoms with Crippen LogP contribution in [-0.2, 0) is 44.7 Å². The quantitative estimate of drug-likeness (QED) is 0.315. The Balaban J connectivity index is 1.76. The summed E-state index contributed by atoms with van der Waals surface area (Å²) in [5, 5.41) is 10.9. The number of carbonyl (C=O) groups is 7. The zero-order valence-corrected chi connectivity index (χ0v) is 29.9. The van der Waals surface area contributed by atoms with Crippen LogP contribution in [0.15, 0.2) is 30.3 Å².